The third kappa shape index (κ3) is 1.80. The van der Waals surface area contributed by atoms with Crippen molar-refractivity contribution in [2.24, 2.45) is 0 Å². The number of para-hydroxylation sites is 1. The molecule has 90 valence electrons. The number of carbonyl (C=O) groups excluding carboxylic acids is 1. The van der Waals surface area contributed by atoms with Gasteiger partial charge in [-0.3, -0.25) is 4.79 Å². The summed E-state index contributed by atoms with van der Waals surface area (Å²) < 4.78 is 1.96. The van der Waals surface area contributed by atoms with Crippen LogP contribution in [-0.4, -0.2) is 10.9 Å². The quantitative estimate of drug-likeness (QED) is 0.651. The van der Waals surface area contributed by atoms with E-state index in [1.165, 1.54) is 0 Å². The summed E-state index contributed by atoms with van der Waals surface area (Å²) in [5, 5.41) is 9.74. The lowest BCUT2D eigenvalue weighted by Crippen LogP contribution is -1.90. The lowest BCUT2D eigenvalue weighted by molar-refractivity contribution is 0.112. The summed E-state index contributed by atoms with van der Waals surface area (Å²) in [5.41, 5.74) is 3.06. The lowest BCUT2D eigenvalue weighted by Gasteiger charge is -2.04. The van der Waals surface area contributed by atoms with Gasteiger partial charge in [0.15, 0.2) is 6.29 Å². The van der Waals surface area contributed by atoms with Crippen LogP contribution in [0.25, 0.3) is 16.6 Å². The zero-order chi connectivity index (χ0) is 13.2. The van der Waals surface area contributed by atoms with Crippen LogP contribution in [0.2, 0.25) is 0 Å². The number of aromatic nitrogens is 1. The average Bonchev–Trinajstić information content (AvgIpc) is 2.86. The highest BCUT2D eigenvalue weighted by atomic mass is 16.1. The van der Waals surface area contributed by atoms with Crippen LogP contribution in [0.3, 0.4) is 0 Å². The summed E-state index contributed by atoms with van der Waals surface area (Å²) in [6, 6.07) is 17.3. The maximum absolute atomic E-state index is 11.2. The van der Waals surface area contributed by atoms with E-state index in [2.05, 4.69) is 6.07 Å². The molecule has 3 nitrogen and oxygen atoms in total. The summed E-state index contributed by atoms with van der Waals surface area (Å²) in [7, 11) is 0. The van der Waals surface area contributed by atoms with Crippen LogP contribution in [0.15, 0.2) is 54.7 Å². The maximum atomic E-state index is 11.2. The van der Waals surface area contributed by atoms with E-state index in [4.69, 9.17) is 5.26 Å². The fourth-order valence-electron chi connectivity index (χ4n) is 2.22. The highest BCUT2D eigenvalue weighted by Crippen LogP contribution is 2.24. The number of hydrogen-bond donors (Lipinski definition) is 0. The van der Waals surface area contributed by atoms with Gasteiger partial charge >= 0.3 is 0 Å². The predicted octanol–water partition coefficient (Wildman–Crippen LogP) is 3.31. The Labute approximate surface area is 110 Å². The molecule has 19 heavy (non-hydrogen) atoms. The minimum atomic E-state index is 0.557. The molecule has 0 N–H and O–H groups in total. The molecule has 0 amide bonds. The second-order valence-corrected chi connectivity index (χ2v) is 4.25. The normalized spacial score (nSPS) is 10.3. The van der Waals surface area contributed by atoms with Crippen molar-refractivity contribution in [3.8, 4) is 11.8 Å². The Hall–Kier alpha value is -2.86. The van der Waals surface area contributed by atoms with Gasteiger partial charge in [-0.25, -0.2) is 0 Å². The second-order valence-electron chi connectivity index (χ2n) is 4.25. The molecule has 0 aliphatic carbocycles. The highest BCUT2D eigenvalue weighted by Gasteiger charge is 2.09. The number of hydrogen-bond acceptors (Lipinski definition) is 2. The lowest BCUT2D eigenvalue weighted by atomic mass is 10.1. The molecule has 0 atom stereocenters. The molecule has 0 aliphatic heterocycles. The third-order valence-electron chi connectivity index (χ3n) is 3.13. The molecule has 0 saturated heterocycles. The molecule has 0 unspecified atom stereocenters. The Morgan fingerprint density at radius 2 is 1.89 bits per heavy atom. The third-order valence-corrected chi connectivity index (χ3v) is 3.13. The first-order chi connectivity index (χ1) is 9.33. The Morgan fingerprint density at radius 1 is 1.11 bits per heavy atom. The molecule has 0 radical (unpaired) electrons. The van der Waals surface area contributed by atoms with Crippen molar-refractivity contribution < 1.29 is 4.79 Å². The van der Waals surface area contributed by atoms with Gasteiger partial charge in [0.05, 0.1) is 17.1 Å². The van der Waals surface area contributed by atoms with E-state index in [1.807, 2.05) is 41.0 Å². The van der Waals surface area contributed by atoms with Crippen LogP contribution in [-0.2, 0) is 0 Å². The van der Waals surface area contributed by atoms with Gasteiger partial charge in [0.1, 0.15) is 0 Å². The minimum Gasteiger partial charge on any atom is -0.316 e. The Balaban J connectivity index is 2.33. The minimum absolute atomic E-state index is 0.557. The molecule has 1 heterocycles. The van der Waals surface area contributed by atoms with E-state index < -0.39 is 0 Å². The van der Waals surface area contributed by atoms with Crippen molar-refractivity contribution in [3.05, 3.63) is 65.9 Å². The molecule has 3 rings (SSSR count). The van der Waals surface area contributed by atoms with Gasteiger partial charge < -0.3 is 4.57 Å². The highest BCUT2D eigenvalue weighted by molar-refractivity contribution is 5.99. The van der Waals surface area contributed by atoms with Gasteiger partial charge in [-0.1, -0.05) is 18.2 Å². The molecule has 3 heteroatoms. The van der Waals surface area contributed by atoms with E-state index in [-0.39, 0.29) is 0 Å². The fraction of sp³-hybridized carbons (Fsp3) is 0. The van der Waals surface area contributed by atoms with Gasteiger partial charge in [0, 0.05) is 22.8 Å². The summed E-state index contributed by atoms with van der Waals surface area (Å²) in [6.45, 7) is 0. The molecule has 0 saturated carbocycles. The van der Waals surface area contributed by atoms with Gasteiger partial charge in [-0.2, -0.15) is 5.26 Å². The molecule has 0 aliphatic rings. The monoisotopic (exact) mass is 246 g/mol. The second kappa shape index (κ2) is 4.43. The number of rotatable bonds is 2. The predicted molar refractivity (Wildman–Crippen MR) is 73.4 cm³/mol. The summed E-state index contributed by atoms with van der Waals surface area (Å²) in [5.74, 6) is 0. The van der Waals surface area contributed by atoms with E-state index >= 15 is 0 Å². The summed E-state index contributed by atoms with van der Waals surface area (Å²) >= 11 is 0. The molecular formula is C16H10N2O. The van der Waals surface area contributed by atoms with Crippen molar-refractivity contribution in [2.45, 2.75) is 0 Å². The SMILES string of the molecule is N#Cc1ccc2c(c1)c(C=O)cn2-c1ccccc1. The van der Waals surface area contributed by atoms with Crippen LogP contribution >= 0.6 is 0 Å². The van der Waals surface area contributed by atoms with Crippen molar-refractivity contribution in [1.29, 1.82) is 5.26 Å². The van der Waals surface area contributed by atoms with E-state index in [1.54, 1.807) is 18.3 Å². The van der Waals surface area contributed by atoms with Crippen LogP contribution in [0.4, 0.5) is 0 Å². The average molecular weight is 246 g/mol. The number of aldehydes is 1. The first-order valence-corrected chi connectivity index (χ1v) is 5.89. The van der Waals surface area contributed by atoms with Crippen LogP contribution in [0.5, 0.6) is 0 Å². The molecule has 0 spiro atoms. The largest absolute Gasteiger partial charge is 0.316 e. The topological polar surface area (TPSA) is 45.8 Å². The number of benzene rings is 2. The number of nitriles is 1. The van der Waals surface area contributed by atoms with Crippen molar-refractivity contribution in [1.82, 2.24) is 4.57 Å². The zero-order valence-corrected chi connectivity index (χ0v) is 10.1. The van der Waals surface area contributed by atoms with Gasteiger partial charge in [-0.05, 0) is 30.3 Å². The first-order valence-electron chi connectivity index (χ1n) is 5.89. The molecule has 2 aromatic carbocycles. The Morgan fingerprint density at radius 3 is 2.58 bits per heavy atom. The summed E-state index contributed by atoms with van der Waals surface area (Å²) in [6.07, 6.45) is 2.62. The van der Waals surface area contributed by atoms with Crippen LogP contribution < -0.4 is 0 Å². The number of carbonyl (C=O) groups is 1. The van der Waals surface area contributed by atoms with E-state index in [0.717, 1.165) is 22.9 Å². The van der Waals surface area contributed by atoms with Gasteiger partial charge in [0.25, 0.3) is 0 Å². The van der Waals surface area contributed by atoms with Crippen LogP contribution in [0, 0.1) is 11.3 Å². The Bertz CT molecular complexity index is 795. The van der Waals surface area contributed by atoms with E-state index in [9.17, 15) is 4.79 Å². The summed E-state index contributed by atoms with van der Waals surface area (Å²) in [4.78, 5) is 11.2. The molecule has 0 fully saturated rings. The molecule has 0 bridgehead atoms. The van der Waals surface area contributed by atoms with Crippen LogP contribution in [0.1, 0.15) is 15.9 Å². The first kappa shape index (κ1) is 11.2. The maximum Gasteiger partial charge on any atom is 0.152 e. The van der Waals surface area contributed by atoms with Gasteiger partial charge in [0.2, 0.25) is 0 Å². The van der Waals surface area contributed by atoms with E-state index in [0.29, 0.717) is 11.1 Å². The zero-order valence-electron chi connectivity index (χ0n) is 10.1. The molecule has 3 aromatic rings. The fourth-order valence-corrected chi connectivity index (χ4v) is 2.22. The molecular weight excluding hydrogens is 236 g/mol. The number of nitrogens with zero attached hydrogens (tertiary/aromatic N) is 2. The van der Waals surface area contributed by atoms with Crippen molar-refractivity contribution in [2.75, 3.05) is 0 Å². The standard InChI is InChI=1S/C16H10N2O/c17-9-12-6-7-16-15(8-12)13(11-19)10-18(16)14-4-2-1-3-5-14/h1-8,10-11H. The van der Waals surface area contributed by atoms with Crippen molar-refractivity contribution in [3.63, 3.8) is 0 Å². The smallest absolute Gasteiger partial charge is 0.152 e. The Kier molecular flexibility index (Phi) is 2.62. The molecule has 1 aromatic heterocycles. The van der Waals surface area contributed by atoms with Crippen molar-refractivity contribution >= 4 is 17.2 Å². The number of fused-ring (bicyclic) bond motifs is 1. The van der Waals surface area contributed by atoms with Gasteiger partial charge in [-0.15, -0.1) is 0 Å².